The zero-order valence-corrected chi connectivity index (χ0v) is 11.4. The number of carbonyl (C=O) groups is 2. The van der Waals surface area contributed by atoms with Crippen LogP contribution in [0.4, 0.5) is 0 Å². The minimum Gasteiger partial charge on any atom is -0.507 e. The topological polar surface area (TPSA) is 74.6 Å². The molecule has 0 heterocycles. The number of phenolic OH excluding ortho intramolecular Hbond substituents is 2. The zero-order valence-electron chi connectivity index (χ0n) is 11.4. The molecule has 0 saturated carbocycles. The molecular formula is C16H16O4. The first-order chi connectivity index (χ1) is 9.41. The van der Waals surface area contributed by atoms with E-state index in [0.717, 1.165) is 11.1 Å². The summed E-state index contributed by atoms with van der Waals surface area (Å²) >= 11 is 0. The first-order valence-corrected chi connectivity index (χ1v) is 6.70. The van der Waals surface area contributed by atoms with Gasteiger partial charge in [-0.25, -0.2) is 0 Å². The van der Waals surface area contributed by atoms with E-state index in [-0.39, 0.29) is 34.2 Å². The van der Waals surface area contributed by atoms with Crippen LogP contribution in [0.15, 0.2) is 23.3 Å². The number of Topliss-reactive ketones (excluding diaryl/α,β-unsaturated/α-hetero) is 2. The SMILES string of the molecule is CC1=C(C)C[C@@H]2C(=O)c3c(O)ccc(O)c3C(=O)[C@H]2C1. The molecule has 0 amide bonds. The van der Waals surface area contributed by atoms with Crippen molar-refractivity contribution in [1.29, 1.82) is 0 Å². The molecule has 0 radical (unpaired) electrons. The first kappa shape index (κ1) is 12.9. The largest absolute Gasteiger partial charge is 0.507 e. The zero-order chi connectivity index (χ0) is 14.6. The van der Waals surface area contributed by atoms with Crippen LogP contribution in [0.1, 0.15) is 47.4 Å². The number of fused-ring (bicyclic) bond motifs is 2. The maximum Gasteiger partial charge on any atom is 0.171 e. The number of phenols is 2. The number of rotatable bonds is 0. The molecule has 3 rings (SSSR count). The first-order valence-electron chi connectivity index (χ1n) is 6.70. The number of hydrogen-bond donors (Lipinski definition) is 2. The van der Waals surface area contributed by atoms with E-state index in [1.165, 1.54) is 12.1 Å². The van der Waals surface area contributed by atoms with Crippen LogP contribution < -0.4 is 0 Å². The van der Waals surface area contributed by atoms with Crippen LogP contribution in [0.3, 0.4) is 0 Å². The van der Waals surface area contributed by atoms with Crippen LogP contribution >= 0.6 is 0 Å². The van der Waals surface area contributed by atoms with E-state index in [1.807, 2.05) is 13.8 Å². The van der Waals surface area contributed by atoms with Gasteiger partial charge in [0.1, 0.15) is 11.5 Å². The second-order valence-corrected chi connectivity index (χ2v) is 5.76. The fourth-order valence-electron chi connectivity index (χ4n) is 3.29. The van der Waals surface area contributed by atoms with Gasteiger partial charge in [-0.05, 0) is 38.8 Å². The predicted molar refractivity (Wildman–Crippen MR) is 73.0 cm³/mol. The summed E-state index contributed by atoms with van der Waals surface area (Å²) in [5, 5.41) is 19.8. The maximum atomic E-state index is 12.6. The molecule has 0 aliphatic heterocycles. The average molecular weight is 272 g/mol. The van der Waals surface area contributed by atoms with Crippen LogP contribution in [0.2, 0.25) is 0 Å². The van der Waals surface area contributed by atoms with E-state index in [4.69, 9.17) is 0 Å². The molecule has 0 aromatic heterocycles. The highest BCUT2D eigenvalue weighted by atomic mass is 16.3. The molecule has 0 unspecified atom stereocenters. The highest BCUT2D eigenvalue weighted by Crippen LogP contribution is 2.45. The molecule has 0 saturated heterocycles. The van der Waals surface area contributed by atoms with Gasteiger partial charge in [0.15, 0.2) is 11.6 Å². The lowest BCUT2D eigenvalue weighted by molar-refractivity contribution is 0.0715. The fourth-order valence-corrected chi connectivity index (χ4v) is 3.29. The highest BCUT2D eigenvalue weighted by molar-refractivity contribution is 6.18. The summed E-state index contributed by atoms with van der Waals surface area (Å²) in [6.07, 6.45) is 1.10. The monoisotopic (exact) mass is 272 g/mol. The van der Waals surface area contributed by atoms with Gasteiger partial charge in [0.25, 0.3) is 0 Å². The number of ketones is 2. The van der Waals surface area contributed by atoms with E-state index in [9.17, 15) is 19.8 Å². The Morgan fingerprint density at radius 1 is 0.850 bits per heavy atom. The van der Waals surface area contributed by atoms with E-state index < -0.39 is 11.8 Å². The van der Waals surface area contributed by atoms with Gasteiger partial charge in [-0.2, -0.15) is 0 Å². The van der Waals surface area contributed by atoms with Crippen LogP contribution in [0.5, 0.6) is 11.5 Å². The molecule has 1 aromatic carbocycles. The number of aromatic hydroxyl groups is 2. The number of carbonyl (C=O) groups excluding carboxylic acids is 2. The van der Waals surface area contributed by atoms with Crippen molar-refractivity contribution >= 4 is 11.6 Å². The van der Waals surface area contributed by atoms with Gasteiger partial charge in [0.05, 0.1) is 11.1 Å². The molecule has 20 heavy (non-hydrogen) atoms. The molecule has 4 nitrogen and oxygen atoms in total. The Hall–Kier alpha value is -2.10. The summed E-state index contributed by atoms with van der Waals surface area (Å²) in [4.78, 5) is 25.2. The third-order valence-corrected chi connectivity index (χ3v) is 4.59. The molecule has 2 aliphatic rings. The van der Waals surface area contributed by atoms with Crippen molar-refractivity contribution in [2.45, 2.75) is 26.7 Å². The second kappa shape index (κ2) is 4.20. The lowest BCUT2D eigenvalue weighted by Gasteiger charge is -2.35. The van der Waals surface area contributed by atoms with Crippen molar-refractivity contribution in [1.82, 2.24) is 0 Å². The minimum absolute atomic E-state index is 0.0106. The Morgan fingerprint density at radius 2 is 1.20 bits per heavy atom. The van der Waals surface area contributed by atoms with Crippen LogP contribution in [0.25, 0.3) is 0 Å². The summed E-state index contributed by atoms with van der Waals surface area (Å²) in [6, 6.07) is 2.52. The molecule has 2 atom stereocenters. The van der Waals surface area contributed by atoms with Crippen molar-refractivity contribution in [2.75, 3.05) is 0 Å². The van der Waals surface area contributed by atoms with Crippen molar-refractivity contribution < 1.29 is 19.8 Å². The molecule has 0 spiro atoms. The predicted octanol–water partition coefficient (Wildman–Crippen LogP) is 2.84. The standard InChI is InChI=1S/C16H16O4/c1-7-5-9-10(6-8(7)2)16(20)14-12(18)4-3-11(17)13(14)15(9)19/h3-4,9-10,17-18H,5-6H2,1-2H3/t9-,10-/m0/s1. The van der Waals surface area contributed by atoms with E-state index in [2.05, 4.69) is 0 Å². The molecule has 0 fully saturated rings. The smallest absolute Gasteiger partial charge is 0.171 e. The summed E-state index contributed by atoms with van der Waals surface area (Å²) in [6.45, 7) is 3.95. The van der Waals surface area contributed by atoms with Crippen molar-refractivity contribution in [3.63, 3.8) is 0 Å². The minimum atomic E-state index is -0.411. The van der Waals surface area contributed by atoms with Crippen LogP contribution in [-0.4, -0.2) is 21.8 Å². The molecular weight excluding hydrogens is 256 g/mol. The lowest BCUT2D eigenvalue weighted by atomic mass is 9.66. The van der Waals surface area contributed by atoms with Gasteiger partial charge in [0.2, 0.25) is 0 Å². The maximum absolute atomic E-state index is 12.6. The molecule has 2 N–H and O–H groups in total. The van der Waals surface area contributed by atoms with Crippen LogP contribution in [-0.2, 0) is 0 Å². The van der Waals surface area contributed by atoms with Crippen LogP contribution in [0, 0.1) is 11.8 Å². The van der Waals surface area contributed by atoms with Gasteiger partial charge in [-0.1, -0.05) is 11.1 Å². The van der Waals surface area contributed by atoms with Gasteiger partial charge < -0.3 is 10.2 Å². The molecule has 4 heteroatoms. The van der Waals surface area contributed by atoms with E-state index in [1.54, 1.807) is 0 Å². The van der Waals surface area contributed by atoms with Gasteiger partial charge in [-0.3, -0.25) is 9.59 Å². The third kappa shape index (κ3) is 1.60. The Morgan fingerprint density at radius 3 is 1.55 bits per heavy atom. The highest BCUT2D eigenvalue weighted by Gasteiger charge is 2.45. The van der Waals surface area contributed by atoms with E-state index >= 15 is 0 Å². The Labute approximate surface area is 116 Å². The molecule has 1 aromatic rings. The Kier molecular flexibility index (Phi) is 2.71. The normalized spacial score (nSPS) is 25.5. The number of allylic oxidation sites excluding steroid dienone is 2. The quantitative estimate of drug-likeness (QED) is 0.562. The van der Waals surface area contributed by atoms with Crippen molar-refractivity contribution in [3.8, 4) is 11.5 Å². The molecule has 2 aliphatic carbocycles. The number of hydrogen-bond acceptors (Lipinski definition) is 4. The third-order valence-electron chi connectivity index (χ3n) is 4.59. The fraction of sp³-hybridized carbons (Fsp3) is 0.375. The second-order valence-electron chi connectivity index (χ2n) is 5.76. The van der Waals surface area contributed by atoms with E-state index in [0.29, 0.717) is 12.8 Å². The Balaban J connectivity index is 2.20. The summed E-state index contributed by atoms with van der Waals surface area (Å²) in [5.74, 6) is -1.73. The number of benzene rings is 1. The summed E-state index contributed by atoms with van der Waals surface area (Å²) in [5.41, 5.74) is 2.25. The van der Waals surface area contributed by atoms with Gasteiger partial charge in [0, 0.05) is 11.8 Å². The Bertz CT molecular complexity index is 612. The average Bonchev–Trinajstić information content (AvgIpc) is 2.41. The summed E-state index contributed by atoms with van der Waals surface area (Å²) < 4.78 is 0. The molecule has 0 bridgehead atoms. The van der Waals surface area contributed by atoms with Gasteiger partial charge >= 0.3 is 0 Å². The van der Waals surface area contributed by atoms with Gasteiger partial charge in [-0.15, -0.1) is 0 Å². The van der Waals surface area contributed by atoms with Crippen molar-refractivity contribution in [2.24, 2.45) is 11.8 Å². The van der Waals surface area contributed by atoms with Crippen molar-refractivity contribution in [3.05, 3.63) is 34.4 Å². The lowest BCUT2D eigenvalue weighted by Crippen LogP contribution is -2.39. The summed E-state index contributed by atoms with van der Waals surface area (Å²) in [7, 11) is 0. The molecule has 104 valence electrons.